The van der Waals surface area contributed by atoms with Crippen LogP contribution in [0.15, 0.2) is 18.2 Å². The minimum Gasteiger partial charge on any atom is -0.506 e. The van der Waals surface area contributed by atoms with E-state index in [-0.39, 0.29) is 24.0 Å². The predicted molar refractivity (Wildman–Crippen MR) is 84.2 cm³/mol. The van der Waals surface area contributed by atoms with E-state index in [4.69, 9.17) is 0 Å². The summed E-state index contributed by atoms with van der Waals surface area (Å²) in [5, 5.41) is 13.4. The van der Waals surface area contributed by atoms with Crippen LogP contribution in [-0.4, -0.2) is 34.4 Å². The minimum absolute atomic E-state index is 0.0933. The molecule has 0 saturated carbocycles. The number of aromatic hydroxyl groups is 1. The summed E-state index contributed by atoms with van der Waals surface area (Å²) >= 11 is -1.88. The number of piperidine rings is 1. The third-order valence-electron chi connectivity index (χ3n) is 4.59. The van der Waals surface area contributed by atoms with Crippen molar-refractivity contribution in [2.24, 2.45) is 5.92 Å². The summed E-state index contributed by atoms with van der Waals surface area (Å²) in [7, 11) is 0. The molecule has 2 saturated heterocycles. The van der Waals surface area contributed by atoms with E-state index in [0.29, 0.717) is 11.5 Å². The van der Waals surface area contributed by atoms with E-state index in [2.05, 4.69) is 16.1 Å². The Kier molecular flexibility index (Phi) is 3.38. The van der Waals surface area contributed by atoms with Crippen LogP contribution in [-0.2, 0) is 16.0 Å². The molecular formula is C15H16FN3O3S. The Labute approximate surface area is 135 Å². The Morgan fingerprint density at radius 1 is 1.35 bits per heavy atom. The van der Waals surface area contributed by atoms with E-state index < -0.39 is 22.9 Å². The molecule has 4 aliphatic rings. The lowest BCUT2D eigenvalue weighted by Crippen LogP contribution is -2.43. The lowest BCUT2D eigenvalue weighted by atomic mass is 9.79. The molecule has 2 bridgehead atoms. The predicted octanol–water partition coefficient (Wildman–Crippen LogP) is 0.811. The molecule has 0 radical (unpaired) electrons. The number of phenolic OH excluding ortho intramolecular Hbond substituents is 1. The first-order chi connectivity index (χ1) is 11.0. The number of fused-ring (bicyclic) bond motifs is 2. The molecule has 23 heavy (non-hydrogen) atoms. The maximum absolute atomic E-state index is 15.1. The van der Waals surface area contributed by atoms with Gasteiger partial charge in [-0.15, -0.1) is 0 Å². The van der Waals surface area contributed by atoms with Crippen LogP contribution in [0.25, 0.3) is 5.57 Å². The quantitative estimate of drug-likeness (QED) is 0.746. The van der Waals surface area contributed by atoms with Gasteiger partial charge in [-0.05, 0) is 36.5 Å². The molecule has 3 aliphatic heterocycles. The number of hydrogen-bond acceptors (Lipinski definition) is 4. The third kappa shape index (κ3) is 2.33. The van der Waals surface area contributed by atoms with Crippen molar-refractivity contribution in [3.8, 4) is 5.75 Å². The number of halogens is 1. The monoisotopic (exact) mass is 337 g/mol. The fourth-order valence-corrected chi connectivity index (χ4v) is 4.43. The van der Waals surface area contributed by atoms with Crippen molar-refractivity contribution in [3.05, 3.63) is 29.6 Å². The topological polar surface area (TPSA) is 81.7 Å². The summed E-state index contributed by atoms with van der Waals surface area (Å²) in [6.07, 6.45) is 4.11. The second kappa shape index (κ2) is 5.31. The molecule has 5 rings (SSSR count). The average molecular weight is 337 g/mol. The number of anilines is 1. The average Bonchev–Trinajstić information content (AvgIpc) is 2.87. The van der Waals surface area contributed by atoms with Gasteiger partial charge in [-0.1, -0.05) is 6.08 Å². The highest BCUT2D eigenvalue weighted by atomic mass is 32.2. The lowest BCUT2D eigenvalue weighted by Gasteiger charge is -2.37. The van der Waals surface area contributed by atoms with Crippen LogP contribution in [0.4, 0.5) is 10.1 Å². The molecule has 1 aromatic rings. The van der Waals surface area contributed by atoms with E-state index in [9.17, 15) is 14.1 Å². The fraction of sp³-hybridized carbons (Fsp3) is 0.400. The molecule has 8 heteroatoms. The molecule has 3 heterocycles. The number of carbonyl (C=O) groups excluding carboxylic acids is 1. The van der Waals surface area contributed by atoms with Crippen molar-refractivity contribution < 1.29 is 18.5 Å². The SMILES string of the molecule is O=C1CN(c2c(O)ccc(C3=CC4CCC3NC4)c2F)S(=O)N1. The standard InChI is InChI=1S/C15H16FN3O3S/c16-14-9(10-5-8-1-3-11(10)17-6-8)2-4-12(20)15(14)19-7-13(21)18-23(19)22/h2,4-5,8,11,17,20H,1,3,6-7H2,(H,18,21). The van der Waals surface area contributed by atoms with Crippen LogP contribution in [0, 0.1) is 11.7 Å². The van der Waals surface area contributed by atoms with Crippen molar-refractivity contribution >= 4 is 28.3 Å². The smallest absolute Gasteiger partial charge is 0.253 e. The molecule has 3 atom stereocenters. The summed E-state index contributed by atoms with van der Waals surface area (Å²) < 4.78 is 30.2. The van der Waals surface area contributed by atoms with Crippen LogP contribution in [0.5, 0.6) is 5.75 Å². The highest BCUT2D eigenvalue weighted by Crippen LogP contribution is 2.40. The van der Waals surface area contributed by atoms with Gasteiger partial charge in [-0.25, -0.2) is 8.60 Å². The van der Waals surface area contributed by atoms with Gasteiger partial charge in [0.25, 0.3) is 5.91 Å². The van der Waals surface area contributed by atoms with Gasteiger partial charge in [0.15, 0.2) is 5.82 Å². The van der Waals surface area contributed by atoms with E-state index >= 15 is 4.39 Å². The van der Waals surface area contributed by atoms with Gasteiger partial charge in [0.1, 0.15) is 18.0 Å². The zero-order chi connectivity index (χ0) is 16.1. The number of rotatable bonds is 2. The van der Waals surface area contributed by atoms with Crippen molar-refractivity contribution in [3.63, 3.8) is 0 Å². The molecular weight excluding hydrogens is 321 g/mol. The second-order valence-corrected chi connectivity index (χ2v) is 7.17. The Morgan fingerprint density at radius 3 is 2.74 bits per heavy atom. The van der Waals surface area contributed by atoms with Gasteiger partial charge in [0, 0.05) is 18.2 Å². The van der Waals surface area contributed by atoms with Crippen LogP contribution < -0.4 is 14.3 Å². The summed E-state index contributed by atoms with van der Waals surface area (Å²) in [6, 6.07) is 3.02. The van der Waals surface area contributed by atoms with Gasteiger partial charge in [0.2, 0.25) is 11.2 Å². The zero-order valence-electron chi connectivity index (χ0n) is 12.2. The number of nitrogens with zero attached hydrogens (tertiary/aromatic N) is 1. The molecule has 3 unspecified atom stereocenters. The van der Waals surface area contributed by atoms with Crippen molar-refractivity contribution in [2.45, 2.75) is 18.9 Å². The van der Waals surface area contributed by atoms with Gasteiger partial charge in [-0.3, -0.25) is 13.8 Å². The highest BCUT2D eigenvalue weighted by Gasteiger charge is 2.35. The Bertz CT molecular complexity index is 744. The summed E-state index contributed by atoms with van der Waals surface area (Å²) in [5.74, 6) is -1.05. The number of hydrogen-bond donors (Lipinski definition) is 3. The largest absolute Gasteiger partial charge is 0.506 e. The number of carbonyl (C=O) groups is 1. The van der Waals surface area contributed by atoms with Gasteiger partial charge < -0.3 is 10.4 Å². The number of phenols is 1. The van der Waals surface area contributed by atoms with E-state index in [1.807, 2.05) is 0 Å². The molecule has 1 amide bonds. The Morgan fingerprint density at radius 2 is 2.17 bits per heavy atom. The van der Waals surface area contributed by atoms with Crippen LogP contribution in [0.2, 0.25) is 0 Å². The first kappa shape index (κ1) is 14.6. The van der Waals surface area contributed by atoms with Crippen molar-refractivity contribution in [2.75, 3.05) is 17.4 Å². The molecule has 0 spiro atoms. The molecule has 1 aliphatic carbocycles. The van der Waals surface area contributed by atoms with Crippen LogP contribution in [0.1, 0.15) is 18.4 Å². The maximum Gasteiger partial charge on any atom is 0.253 e. The van der Waals surface area contributed by atoms with E-state index in [1.165, 1.54) is 12.1 Å². The minimum atomic E-state index is -1.88. The first-order valence-electron chi connectivity index (χ1n) is 7.50. The normalized spacial score (nSPS) is 29.6. The van der Waals surface area contributed by atoms with Crippen LogP contribution in [0.3, 0.4) is 0 Å². The molecule has 0 aromatic heterocycles. The summed E-state index contributed by atoms with van der Waals surface area (Å²) in [6.45, 7) is 0.652. The molecule has 1 aromatic carbocycles. The van der Waals surface area contributed by atoms with E-state index in [1.54, 1.807) is 0 Å². The van der Waals surface area contributed by atoms with Gasteiger partial charge in [0.05, 0.1) is 0 Å². The molecule has 3 N–H and O–H groups in total. The summed E-state index contributed by atoms with van der Waals surface area (Å²) in [5.41, 5.74) is 1.06. The third-order valence-corrected chi connectivity index (χ3v) is 5.70. The van der Waals surface area contributed by atoms with Gasteiger partial charge >= 0.3 is 0 Å². The van der Waals surface area contributed by atoms with Gasteiger partial charge in [-0.2, -0.15) is 0 Å². The second-order valence-electron chi connectivity index (χ2n) is 6.03. The molecule has 6 nitrogen and oxygen atoms in total. The number of nitrogens with one attached hydrogen (secondary N) is 2. The van der Waals surface area contributed by atoms with E-state index in [0.717, 1.165) is 29.3 Å². The Hall–Kier alpha value is -1.93. The number of benzene rings is 1. The lowest BCUT2D eigenvalue weighted by molar-refractivity contribution is -0.117. The maximum atomic E-state index is 15.1. The Balaban J connectivity index is 1.80. The highest BCUT2D eigenvalue weighted by molar-refractivity contribution is 7.85. The summed E-state index contributed by atoms with van der Waals surface area (Å²) in [4.78, 5) is 11.4. The van der Waals surface area contributed by atoms with Crippen molar-refractivity contribution in [1.29, 1.82) is 0 Å². The first-order valence-corrected chi connectivity index (χ1v) is 8.61. The van der Waals surface area contributed by atoms with Crippen LogP contribution >= 0.6 is 0 Å². The molecule has 122 valence electrons. The zero-order valence-corrected chi connectivity index (χ0v) is 13.0. The molecule has 2 fully saturated rings. The van der Waals surface area contributed by atoms with Crippen molar-refractivity contribution in [1.82, 2.24) is 10.0 Å². The number of amides is 1. The fourth-order valence-electron chi connectivity index (χ4n) is 3.48.